The fourth-order valence-electron chi connectivity index (χ4n) is 2.20. The molecule has 0 spiro atoms. The summed E-state index contributed by atoms with van der Waals surface area (Å²) in [5.74, 6) is 5.67. The zero-order valence-electron chi connectivity index (χ0n) is 10.8. The van der Waals surface area contributed by atoms with Gasteiger partial charge in [0.25, 0.3) is 0 Å². The molecule has 1 aromatic heterocycles. The molecule has 3 N–H and O–H groups in total. The third-order valence-corrected chi connectivity index (χ3v) is 3.20. The van der Waals surface area contributed by atoms with Crippen molar-refractivity contribution in [3.8, 4) is 0 Å². The summed E-state index contributed by atoms with van der Waals surface area (Å²) in [6, 6.07) is -0.147. The molecule has 0 aliphatic carbocycles. The number of rotatable bonds is 7. The molecule has 0 radical (unpaired) electrons. The Kier molecular flexibility index (Phi) is 5.47. The third kappa shape index (κ3) is 3.00. The van der Waals surface area contributed by atoms with Crippen LogP contribution >= 0.6 is 0 Å². The topological polar surface area (TPSA) is 73.1 Å². The maximum Gasteiger partial charge on any atom is 0.0936 e. The zero-order valence-corrected chi connectivity index (χ0v) is 10.8. The molecule has 0 amide bonds. The van der Waals surface area contributed by atoms with Gasteiger partial charge in [0, 0.05) is 19.0 Å². The lowest BCUT2D eigenvalue weighted by Crippen LogP contribution is -2.48. The van der Waals surface area contributed by atoms with Gasteiger partial charge in [-0.25, -0.2) is 5.43 Å². The molecule has 17 heavy (non-hydrogen) atoms. The maximum absolute atomic E-state index is 5.93. The van der Waals surface area contributed by atoms with Crippen LogP contribution < -0.4 is 11.3 Å². The maximum atomic E-state index is 5.93. The summed E-state index contributed by atoms with van der Waals surface area (Å²) in [7, 11) is 0. The lowest BCUT2D eigenvalue weighted by molar-refractivity contribution is -0.0744. The number of nitrogens with two attached hydrogens (primary N) is 1. The molecule has 0 aliphatic rings. The van der Waals surface area contributed by atoms with Crippen molar-refractivity contribution in [2.45, 2.75) is 45.3 Å². The predicted molar refractivity (Wildman–Crippen MR) is 67.0 cm³/mol. The minimum atomic E-state index is -0.334. The Morgan fingerprint density at radius 3 is 2.47 bits per heavy atom. The number of hydrogen-bond donors (Lipinski definition) is 2. The van der Waals surface area contributed by atoms with E-state index in [9.17, 15) is 0 Å². The minimum Gasteiger partial charge on any atom is -0.373 e. The van der Waals surface area contributed by atoms with E-state index in [2.05, 4.69) is 29.2 Å². The highest BCUT2D eigenvalue weighted by atomic mass is 16.5. The quantitative estimate of drug-likeness (QED) is 0.557. The molecule has 5 nitrogen and oxygen atoms in total. The Hall–Kier alpha value is -1.04. The van der Waals surface area contributed by atoms with Crippen LogP contribution in [0.5, 0.6) is 0 Å². The number of nitrogens with one attached hydrogen (secondary N) is 1. The molecule has 1 atom stereocenters. The average molecular weight is 238 g/mol. The van der Waals surface area contributed by atoms with Crippen molar-refractivity contribution < 1.29 is 4.74 Å². The van der Waals surface area contributed by atoms with E-state index >= 15 is 0 Å². The van der Waals surface area contributed by atoms with Crippen molar-refractivity contribution in [1.29, 1.82) is 0 Å². The second-order valence-electron chi connectivity index (χ2n) is 3.93. The van der Waals surface area contributed by atoms with Crippen LogP contribution in [0, 0.1) is 0 Å². The first kappa shape index (κ1) is 14.0. The Morgan fingerprint density at radius 1 is 1.35 bits per heavy atom. The van der Waals surface area contributed by atoms with Crippen LogP contribution in [0.15, 0.2) is 18.6 Å². The number of hydrogen-bond acceptors (Lipinski definition) is 5. The number of aromatic nitrogens is 2. The average Bonchev–Trinajstić information content (AvgIpc) is 2.39. The van der Waals surface area contributed by atoms with Gasteiger partial charge in [0.2, 0.25) is 0 Å². The molecule has 1 aromatic rings. The van der Waals surface area contributed by atoms with Gasteiger partial charge in [-0.2, -0.15) is 0 Å². The molecule has 0 aliphatic heterocycles. The van der Waals surface area contributed by atoms with Gasteiger partial charge < -0.3 is 4.74 Å². The van der Waals surface area contributed by atoms with E-state index in [1.54, 1.807) is 18.6 Å². The van der Waals surface area contributed by atoms with Gasteiger partial charge in [-0.05, 0) is 19.8 Å². The van der Waals surface area contributed by atoms with E-state index in [0.717, 1.165) is 18.5 Å². The van der Waals surface area contributed by atoms with Gasteiger partial charge in [-0.3, -0.25) is 15.8 Å². The van der Waals surface area contributed by atoms with Crippen molar-refractivity contribution in [3.63, 3.8) is 0 Å². The molecule has 1 unspecified atom stereocenters. The van der Waals surface area contributed by atoms with E-state index in [4.69, 9.17) is 10.6 Å². The van der Waals surface area contributed by atoms with Crippen molar-refractivity contribution in [3.05, 3.63) is 24.3 Å². The van der Waals surface area contributed by atoms with Gasteiger partial charge in [0.05, 0.1) is 23.5 Å². The monoisotopic (exact) mass is 238 g/mol. The van der Waals surface area contributed by atoms with Gasteiger partial charge in [-0.1, -0.05) is 13.8 Å². The molecule has 96 valence electrons. The predicted octanol–water partition coefficient (Wildman–Crippen LogP) is 1.58. The van der Waals surface area contributed by atoms with Crippen molar-refractivity contribution in [2.24, 2.45) is 5.84 Å². The summed E-state index contributed by atoms with van der Waals surface area (Å²) in [6.07, 6.45) is 6.77. The molecule has 1 rings (SSSR count). The summed E-state index contributed by atoms with van der Waals surface area (Å²) in [5, 5.41) is 0. The van der Waals surface area contributed by atoms with Crippen molar-refractivity contribution in [1.82, 2.24) is 15.4 Å². The first-order valence-electron chi connectivity index (χ1n) is 6.10. The summed E-state index contributed by atoms with van der Waals surface area (Å²) >= 11 is 0. The van der Waals surface area contributed by atoms with E-state index in [0.29, 0.717) is 6.61 Å². The summed E-state index contributed by atoms with van der Waals surface area (Å²) < 4.78 is 5.93. The molecule has 0 saturated heterocycles. The van der Waals surface area contributed by atoms with Crippen molar-refractivity contribution in [2.75, 3.05) is 6.61 Å². The van der Waals surface area contributed by atoms with Gasteiger partial charge in [0.1, 0.15) is 0 Å². The fourth-order valence-corrected chi connectivity index (χ4v) is 2.20. The molecule has 5 heteroatoms. The first-order valence-corrected chi connectivity index (χ1v) is 6.10. The summed E-state index contributed by atoms with van der Waals surface area (Å²) in [6.45, 7) is 6.84. The lowest BCUT2D eigenvalue weighted by Gasteiger charge is -2.38. The smallest absolute Gasteiger partial charge is 0.0936 e. The van der Waals surface area contributed by atoms with Crippen molar-refractivity contribution >= 4 is 0 Å². The van der Waals surface area contributed by atoms with E-state index in [1.165, 1.54) is 0 Å². The van der Waals surface area contributed by atoms with Crippen LogP contribution in [0.25, 0.3) is 0 Å². The molecular weight excluding hydrogens is 216 g/mol. The number of ether oxygens (including phenoxy) is 1. The third-order valence-electron chi connectivity index (χ3n) is 3.20. The second kappa shape index (κ2) is 6.64. The zero-order chi connectivity index (χ0) is 12.7. The molecule has 0 saturated carbocycles. The van der Waals surface area contributed by atoms with Crippen LogP contribution in [0.3, 0.4) is 0 Å². The highest BCUT2D eigenvalue weighted by Gasteiger charge is 2.38. The SMILES string of the molecule is CCOC(CC)(CC)C(NN)c1cnccn1. The molecule has 0 fully saturated rings. The molecule has 0 aromatic carbocycles. The van der Waals surface area contributed by atoms with Crippen LogP contribution in [0.4, 0.5) is 0 Å². The Balaban J connectivity index is 3.05. The van der Waals surface area contributed by atoms with Gasteiger partial charge in [0.15, 0.2) is 0 Å². The fraction of sp³-hybridized carbons (Fsp3) is 0.667. The van der Waals surface area contributed by atoms with Gasteiger partial charge in [-0.15, -0.1) is 0 Å². The molecule has 0 bridgehead atoms. The molecular formula is C12H22N4O. The van der Waals surface area contributed by atoms with Crippen LogP contribution in [0.2, 0.25) is 0 Å². The largest absolute Gasteiger partial charge is 0.373 e. The Labute approximate surface area is 103 Å². The van der Waals surface area contributed by atoms with E-state index in [1.807, 2.05) is 6.92 Å². The highest BCUT2D eigenvalue weighted by molar-refractivity contribution is 5.09. The molecule has 1 heterocycles. The summed E-state index contributed by atoms with van der Waals surface area (Å²) in [4.78, 5) is 8.39. The standard InChI is InChI=1S/C12H22N4O/c1-4-12(5-2,17-6-3)11(16-13)10-9-14-7-8-15-10/h7-9,11,16H,4-6,13H2,1-3H3. The highest BCUT2D eigenvalue weighted by Crippen LogP contribution is 2.33. The Bertz CT molecular complexity index is 314. The first-order chi connectivity index (χ1) is 8.24. The van der Waals surface area contributed by atoms with Crippen LogP contribution in [0.1, 0.15) is 45.3 Å². The second-order valence-corrected chi connectivity index (χ2v) is 3.93. The van der Waals surface area contributed by atoms with E-state index < -0.39 is 0 Å². The van der Waals surface area contributed by atoms with E-state index in [-0.39, 0.29) is 11.6 Å². The minimum absolute atomic E-state index is 0.147. The number of hydrazine groups is 1. The van der Waals surface area contributed by atoms with Crippen LogP contribution in [-0.2, 0) is 4.74 Å². The normalized spacial score (nSPS) is 13.6. The lowest BCUT2D eigenvalue weighted by atomic mass is 9.86. The van der Waals surface area contributed by atoms with Crippen LogP contribution in [-0.4, -0.2) is 22.2 Å². The number of nitrogens with zero attached hydrogens (tertiary/aromatic N) is 2. The Morgan fingerprint density at radius 2 is 2.06 bits per heavy atom. The summed E-state index contributed by atoms with van der Waals surface area (Å²) in [5.41, 5.74) is 3.30. The van der Waals surface area contributed by atoms with Gasteiger partial charge >= 0.3 is 0 Å².